The Labute approximate surface area is 133 Å². The number of pyridine rings is 1. The monoisotopic (exact) mass is 319 g/mol. The van der Waals surface area contributed by atoms with Crippen LogP contribution in [0.2, 0.25) is 0 Å². The van der Waals surface area contributed by atoms with Gasteiger partial charge in [-0.3, -0.25) is 4.79 Å². The second kappa shape index (κ2) is 6.78. The first kappa shape index (κ1) is 15.5. The van der Waals surface area contributed by atoms with Gasteiger partial charge >= 0.3 is 0 Å². The summed E-state index contributed by atoms with van der Waals surface area (Å²) < 4.78 is 26.4. The van der Waals surface area contributed by atoms with Crippen LogP contribution in [0.25, 0.3) is 0 Å². The van der Waals surface area contributed by atoms with Gasteiger partial charge in [0.05, 0.1) is 19.6 Å². The lowest BCUT2D eigenvalue weighted by atomic mass is 10.3. The van der Waals surface area contributed by atoms with Crippen LogP contribution in [0.1, 0.15) is 5.69 Å². The van der Waals surface area contributed by atoms with Gasteiger partial charge in [0.25, 0.3) is 5.88 Å². The van der Waals surface area contributed by atoms with Gasteiger partial charge in [-0.05, 0) is 24.3 Å². The van der Waals surface area contributed by atoms with Crippen molar-refractivity contribution < 1.29 is 18.7 Å². The van der Waals surface area contributed by atoms with Crippen molar-refractivity contribution in [2.75, 3.05) is 20.3 Å². The van der Waals surface area contributed by atoms with Gasteiger partial charge in [0.15, 0.2) is 5.82 Å². The van der Waals surface area contributed by atoms with E-state index in [0.717, 1.165) is 5.69 Å². The molecule has 0 unspecified atom stereocenters. The largest absolute Gasteiger partial charge is 0.468 e. The van der Waals surface area contributed by atoms with Crippen LogP contribution in [-0.4, -0.2) is 46.7 Å². The Bertz CT molecular complexity index is 689. The van der Waals surface area contributed by atoms with Crippen molar-refractivity contribution in [2.24, 2.45) is 0 Å². The lowest BCUT2D eigenvalue weighted by Crippen LogP contribution is -2.40. The number of carbonyl (C=O) groups excluding carboxylic acids is 1. The summed E-state index contributed by atoms with van der Waals surface area (Å²) in [6.45, 7) is 1.35. The molecule has 0 N–H and O–H groups in total. The third-order valence-electron chi connectivity index (χ3n) is 3.72. The molecular formula is C16H18FN3O3. The second-order valence-corrected chi connectivity index (χ2v) is 5.39. The highest BCUT2D eigenvalue weighted by Crippen LogP contribution is 2.19. The van der Waals surface area contributed by atoms with E-state index >= 15 is 0 Å². The normalized spacial score (nSPS) is 17.5. The van der Waals surface area contributed by atoms with Crippen molar-refractivity contribution in [3.8, 4) is 5.88 Å². The van der Waals surface area contributed by atoms with E-state index < -0.39 is 11.9 Å². The summed E-state index contributed by atoms with van der Waals surface area (Å²) in [7, 11) is 1.48. The fraction of sp³-hybridized carbons (Fsp3) is 0.375. The molecule has 6 nitrogen and oxygen atoms in total. The molecule has 3 rings (SSSR count). The number of amides is 1. The SMILES string of the molecule is COCC(=O)N1Cc2cccn2C[C@@H](Oc2ncccc2F)C1. The van der Waals surface area contributed by atoms with E-state index in [0.29, 0.717) is 19.6 Å². The fourth-order valence-corrected chi connectivity index (χ4v) is 2.65. The summed E-state index contributed by atoms with van der Waals surface area (Å²) in [6.07, 6.45) is 3.00. The fourth-order valence-electron chi connectivity index (χ4n) is 2.65. The highest BCUT2D eigenvalue weighted by atomic mass is 19.1. The Morgan fingerprint density at radius 1 is 1.39 bits per heavy atom. The average Bonchev–Trinajstić information content (AvgIpc) is 2.88. The number of hydrogen-bond donors (Lipinski definition) is 0. The zero-order chi connectivity index (χ0) is 16.2. The maximum absolute atomic E-state index is 13.8. The molecule has 7 heteroatoms. The highest BCUT2D eigenvalue weighted by Gasteiger charge is 2.26. The topological polar surface area (TPSA) is 56.6 Å². The van der Waals surface area contributed by atoms with Crippen molar-refractivity contribution in [3.05, 3.63) is 48.2 Å². The van der Waals surface area contributed by atoms with Gasteiger partial charge in [0, 0.05) is 25.2 Å². The van der Waals surface area contributed by atoms with E-state index in [1.807, 2.05) is 22.9 Å². The van der Waals surface area contributed by atoms with Crippen LogP contribution in [0.15, 0.2) is 36.7 Å². The molecule has 0 radical (unpaired) electrons. The summed E-state index contributed by atoms with van der Waals surface area (Å²) in [4.78, 5) is 17.8. The van der Waals surface area contributed by atoms with E-state index in [-0.39, 0.29) is 18.4 Å². The zero-order valence-corrected chi connectivity index (χ0v) is 12.8. The quantitative estimate of drug-likeness (QED) is 0.856. The summed E-state index contributed by atoms with van der Waals surface area (Å²) in [6, 6.07) is 6.68. The molecule has 122 valence electrons. The molecule has 23 heavy (non-hydrogen) atoms. The smallest absolute Gasteiger partial charge is 0.250 e. The Morgan fingerprint density at radius 2 is 2.26 bits per heavy atom. The summed E-state index contributed by atoms with van der Waals surface area (Å²) in [5.74, 6) is -0.691. The summed E-state index contributed by atoms with van der Waals surface area (Å²) in [5, 5.41) is 0. The third-order valence-corrected chi connectivity index (χ3v) is 3.72. The number of carbonyl (C=O) groups is 1. The van der Waals surface area contributed by atoms with Gasteiger partial charge in [0.1, 0.15) is 12.7 Å². The molecule has 0 aliphatic carbocycles. The highest BCUT2D eigenvalue weighted by molar-refractivity contribution is 5.77. The molecule has 1 amide bonds. The molecule has 0 fully saturated rings. The number of ether oxygens (including phenoxy) is 2. The summed E-state index contributed by atoms with van der Waals surface area (Å²) in [5.41, 5.74) is 1.00. The lowest BCUT2D eigenvalue weighted by molar-refractivity contribution is -0.136. The number of methoxy groups -OCH3 is 1. The molecule has 1 aliphatic rings. The maximum atomic E-state index is 13.8. The standard InChI is InChI=1S/C16H18FN3O3/c1-22-11-15(21)20-8-12-4-3-7-19(12)9-13(10-20)23-16-14(17)5-2-6-18-16/h2-7,13H,8-11H2,1H3/t13-/m1/s1. The number of hydrogen-bond acceptors (Lipinski definition) is 4. The Kier molecular flexibility index (Phi) is 4.57. The second-order valence-electron chi connectivity index (χ2n) is 5.39. The molecule has 2 aromatic heterocycles. The first-order valence-corrected chi connectivity index (χ1v) is 7.35. The van der Waals surface area contributed by atoms with Crippen LogP contribution in [0, 0.1) is 5.82 Å². The van der Waals surface area contributed by atoms with Crippen molar-refractivity contribution in [3.63, 3.8) is 0 Å². The van der Waals surface area contributed by atoms with E-state index in [1.165, 1.54) is 25.4 Å². The van der Waals surface area contributed by atoms with E-state index in [9.17, 15) is 9.18 Å². The van der Waals surface area contributed by atoms with Crippen LogP contribution in [0.3, 0.4) is 0 Å². The predicted octanol–water partition coefficient (Wildman–Crippen LogP) is 1.46. The van der Waals surface area contributed by atoms with Crippen LogP contribution in [-0.2, 0) is 22.6 Å². The Hall–Kier alpha value is -2.41. The molecular weight excluding hydrogens is 301 g/mol. The van der Waals surface area contributed by atoms with Crippen LogP contribution in [0.4, 0.5) is 4.39 Å². The van der Waals surface area contributed by atoms with Gasteiger partial charge < -0.3 is 18.9 Å². The van der Waals surface area contributed by atoms with Crippen molar-refractivity contribution in [2.45, 2.75) is 19.2 Å². The summed E-state index contributed by atoms with van der Waals surface area (Å²) >= 11 is 0. The molecule has 3 heterocycles. The van der Waals surface area contributed by atoms with Crippen molar-refractivity contribution in [1.29, 1.82) is 0 Å². The van der Waals surface area contributed by atoms with Gasteiger partial charge in [-0.1, -0.05) is 0 Å². The molecule has 0 saturated carbocycles. The number of nitrogens with zero attached hydrogens (tertiary/aromatic N) is 3. The molecule has 2 aromatic rings. The number of rotatable bonds is 4. The maximum Gasteiger partial charge on any atom is 0.250 e. The van der Waals surface area contributed by atoms with Crippen molar-refractivity contribution in [1.82, 2.24) is 14.5 Å². The number of aromatic nitrogens is 2. The minimum absolute atomic E-state index is 0.00533. The molecule has 0 saturated heterocycles. The molecule has 0 bridgehead atoms. The van der Waals surface area contributed by atoms with Crippen LogP contribution >= 0.6 is 0 Å². The number of halogens is 1. The van der Waals surface area contributed by atoms with Crippen LogP contribution in [0.5, 0.6) is 5.88 Å². The zero-order valence-electron chi connectivity index (χ0n) is 12.8. The van der Waals surface area contributed by atoms with Gasteiger partial charge in [-0.15, -0.1) is 0 Å². The van der Waals surface area contributed by atoms with E-state index in [1.54, 1.807) is 4.90 Å². The molecule has 0 aromatic carbocycles. The van der Waals surface area contributed by atoms with Gasteiger partial charge in [-0.2, -0.15) is 0 Å². The molecule has 1 aliphatic heterocycles. The first-order valence-electron chi connectivity index (χ1n) is 7.35. The Morgan fingerprint density at radius 3 is 3.04 bits per heavy atom. The Balaban J connectivity index is 1.82. The first-order chi connectivity index (χ1) is 11.2. The van der Waals surface area contributed by atoms with Gasteiger partial charge in [-0.25, -0.2) is 9.37 Å². The van der Waals surface area contributed by atoms with Gasteiger partial charge in [0.2, 0.25) is 5.91 Å². The van der Waals surface area contributed by atoms with E-state index in [4.69, 9.17) is 9.47 Å². The van der Waals surface area contributed by atoms with Crippen LogP contribution < -0.4 is 4.74 Å². The molecule has 0 spiro atoms. The van der Waals surface area contributed by atoms with E-state index in [2.05, 4.69) is 4.98 Å². The third kappa shape index (κ3) is 3.50. The predicted molar refractivity (Wildman–Crippen MR) is 80.3 cm³/mol. The minimum atomic E-state index is -0.515. The number of fused-ring (bicyclic) bond motifs is 1. The lowest BCUT2D eigenvalue weighted by Gasteiger charge is -2.24. The average molecular weight is 319 g/mol. The van der Waals surface area contributed by atoms with Crippen molar-refractivity contribution >= 4 is 5.91 Å². The minimum Gasteiger partial charge on any atom is -0.468 e. The molecule has 1 atom stereocenters.